The van der Waals surface area contributed by atoms with Crippen molar-refractivity contribution >= 4 is 5.91 Å². The summed E-state index contributed by atoms with van der Waals surface area (Å²) in [5.41, 5.74) is 0.736. The highest BCUT2D eigenvalue weighted by Crippen LogP contribution is 2.15. The quantitative estimate of drug-likeness (QED) is 0.826. The molecule has 4 nitrogen and oxygen atoms in total. The number of carbonyl (C=O) groups is 1. The predicted molar refractivity (Wildman–Crippen MR) is 90.7 cm³/mol. The Hall–Kier alpha value is -2.33. The Morgan fingerprint density at radius 2 is 1.91 bits per heavy atom. The lowest BCUT2D eigenvalue weighted by Crippen LogP contribution is -2.41. The minimum Gasteiger partial charge on any atom is -0.497 e. The summed E-state index contributed by atoms with van der Waals surface area (Å²) < 4.78 is 5.11. The molecule has 1 unspecified atom stereocenters. The van der Waals surface area contributed by atoms with Gasteiger partial charge in [0.05, 0.1) is 12.7 Å². The Balaban J connectivity index is 1.86. The summed E-state index contributed by atoms with van der Waals surface area (Å²) in [5, 5.41) is 13.2. The zero-order chi connectivity index (χ0) is 16.7. The van der Waals surface area contributed by atoms with Crippen LogP contribution < -0.4 is 10.1 Å². The first kappa shape index (κ1) is 17.0. The summed E-state index contributed by atoms with van der Waals surface area (Å²) >= 11 is 0. The van der Waals surface area contributed by atoms with Crippen LogP contribution in [-0.4, -0.2) is 30.3 Å². The highest BCUT2D eigenvalue weighted by molar-refractivity contribution is 5.94. The second kappa shape index (κ2) is 7.79. The first-order chi connectivity index (χ1) is 11.0. The molecule has 0 heterocycles. The monoisotopic (exact) mass is 313 g/mol. The number of hydrogen-bond acceptors (Lipinski definition) is 3. The molecule has 0 aliphatic heterocycles. The third-order valence-electron chi connectivity index (χ3n) is 3.76. The van der Waals surface area contributed by atoms with Crippen molar-refractivity contribution in [2.75, 3.05) is 13.7 Å². The second-order valence-electron chi connectivity index (χ2n) is 5.90. The lowest BCUT2D eigenvalue weighted by atomic mass is 9.96. The van der Waals surface area contributed by atoms with Gasteiger partial charge in [0, 0.05) is 12.1 Å². The molecule has 2 aromatic carbocycles. The average Bonchev–Trinajstić information content (AvgIpc) is 2.59. The third-order valence-corrected chi connectivity index (χ3v) is 3.76. The Bertz CT molecular complexity index is 638. The molecule has 2 rings (SSSR count). The number of methoxy groups -OCH3 is 1. The van der Waals surface area contributed by atoms with Gasteiger partial charge in [-0.3, -0.25) is 4.79 Å². The minimum atomic E-state index is -0.954. The molecule has 4 heteroatoms. The van der Waals surface area contributed by atoms with Crippen LogP contribution in [0.25, 0.3) is 0 Å². The van der Waals surface area contributed by atoms with E-state index in [9.17, 15) is 9.90 Å². The van der Waals surface area contributed by atoms with Crippen molar-refractivity contribution in [3.63, 3.8) is 0 Å². The topological polar surface area (TPSA) is 58.6 Å². The van der Waals surface area contributed by atoms with Crippen molar-refractivity contribution in [2.45, 2.75) is 25.4 Å². The predicted octanol–water partition coefficient (Wildman–Crippen LogP) is 2.81. The number of ether oxygens (including phenoxy) is 1. The van der Waals surface area contributed by atoms with Gasteiger partial charge >= 0.3 is 0 Å². The van der Waals surface area contributed by atoms with Crippen molar-refractivity contribution in [1.82, 2.24) is 5.32 Å². The number of aryl methyl sites for hydroxylation is 1. The fourth-order valence-corrected chi connectivity index (χ4v) is 2.28. The van der Waals surface area contributed by atoms with Crippen LogP contribution in [0.1, 0.15) is 29.3 Å². The summed E-state index contributed by atoms with van der Waals surface area (Å²) in [6.45, 7) is 1.94. The largest absolute Gasteiger partial charge is 0.497 e. The van der Waals surface area contributed by atoms with Crippen LogP contribution in [0.5, 0.6) is 5.75 Å². The fraction of sp³-hybridized carbons (Fsp3) is 0.316. The molecule has 122 valence electrons. The molecule has 2 aromatic rings. The van der Waals surface area contributed by atoms with E-state index < -0.39 is 5.60 Å². The number of amides is 1. The molecule has 23 heavy (non-hydrogen) atoms. The Morgan fingerprint density at radius 1 is 1.17 bits per heavy atom. The van der Waals surface area contributed by atoms with Crippen LogP contribution in [0.15, 0.2) is 54.6 Å². The first-order valence-electron chi connectivity index (χ1n) is 7.69. The van der Waals surface area contributed by atoms with Crippen LogP contribution >= 0.6 is 0 Å². The van der Waals surface area contributed by atoms with Gasteiger partial charge in [-0.05, 0) is 43.5 Å². The van der Waals surface area contributed by atoms with E-state index in [2.05, 4.69) is 5.32 Å². The second-order valence-corrected chi connectivity index (χ2v) is 5.90. The lowest BCUT2D eigenvalue weighted by molar-refractivity contribution is 0.0478. The van der Waals surface area contributed by atoms with Gasteiger partial charge in [0.25, 0.3) is 5.91 Å². The molecule has 0 aromatic heterocycles. The summed E-state index contributed by atoms with van der Waals surface area (Å²) in [4.78, 5) is 12.2. The molecule has 0 radical (unpaired) electrons. The van der Waals surface area contributed by atoms with E-state index in [0.717, 1.165) is 6.42 Å². The van der Waals surface area contributed by atoms with Gasteiger partial charge in [-0.1, -0.05) is 36.4 Å². The molecule has 0 aliphatic rings. The minimum absolute atomic E-state index is 0.204. The van der Waals surface area contributed by atoms with Gasteiger partial charge in [-0.25, -0.2) is 0 Å². The van der Waals surface area contributed by atoms with E-state index in [1.807, 2.05) is 30.3 Å². The van der Waals surface area contributed by atoms with Crippen LogP contribution in [0.3, 0.4) is 0 Å². The van der Waals surface area contributed by atoms with Crippen LogP contribution in [0.4, 0.5) is 0 Å². The van der Waals surface area contributed by atoms with Crippen molar-refractivity contribution in [2.24, 2.45) is 0 Å². The molecule has 2 N–H and O–H groups in total. The van der Waals surface area contributed by atoms with Crippen molar-refractivity contribution in [1.29, 1.82) is 0 Å². The van der Waals surface area contributed by atoms with Crippen LogP contribution in [0.2, 0.25) is 0 Å². The Morgan fingerprint density at radius 3 is 2.61 bits per heavy atom. The molecule has 0 saturated carbocycles. The highest BCUT2D eigenvalue weighted by Gasteiger charge is 2.21. The summed E-state index contributed by atoms with van der Waals surface area (Å²) in [6, 6.07) is 16.9. The van der Waals surface area contributed by atoms with Crippen molar-refractivity contribution in [3.05, 3.63) is 65.7 Å². The first-order valence-corrected chi connectivity index (χ1v) is 7.69. The van der Waals surface area contributed by atoms with E-state index >= 15 is 0 Å². The normalized spacial score (nSPS) is 13.2. The maximum absolute atomic E-state index is 12.2. The van der Waals surface area contributed by atoms with E-state index in [4.69, 9.17) is 4.74 Å². The number of benzene rings is 2. The lowest BCUT2D eigenvalue weighted by Gasteiger charge is -2.23. The summed E-state index contributed by atoms with van der Waals surface area (Å²) in [7, 11) is 1.56. The van der Waals surface area contributed by atoms with Crippen molar-refractivity contribution < 1.29 is 14.6 Å². The standard InChI is InChI=1S/C19H23NO3/c1-19(22,12-11-15-7-4-3-5-8-15)14-20-18(21)16-9-6-10-17(13-16)23-2/h3-10,13,22H,11-12,14H2,1-2H3,(H,20,21). The van der Waals surface area contributed by atoms with Gasteiger partial charge in [-0.2, -0.15) is 0 Å². The Kier molecular flexibility index (Phi) is 5.77. The van der Waals surface area contributed by atoms with E-state index in [-0.39, 0.29) is 12.5 Å². The Labute approximate surface area is 137 Å². The molecule has 0 bridgehead atoms. The van der Waals surface area contributed by atoms with Crippen molar-refractivity contribution in [3.8, 4) is 5.75 Å². The van der Waals surface area contributed by atoms with E-state index in [1.54, 1.807) is 38.3 Å². The molecule has 1 amide bonds. The number of aliphatic hydroxyl groups is 1. The van der Waals surface area contributed by atoms with Crippen LogP contribution in [-0.2, 0) is 6.42 Å². The zero-order valence-corrected chi connectivity index (χ0v) is 13.6. The molecular formula is C19H23NO3. The SMILES string of the molecule is COc1cccc(C(=O)NCC(C)(O)CCc2ccccc2)c1. The number of carbonyl (C=O) groups excluding carboxylic acids is 1. The molecule has 0 aliphatic carbocycles. The third kappa shape index (κ3) is 5.42. The maximum Gasteiger partial charge on any atom is 0.251 e. The summed E-state index contributed by atoms with van der Waals surface area (Å²) in [6.07, 6.45) is 1.35. The van der Waals surface area contributed by atoms with Gasteiger partial charge in [0.1, 0.15) is 5.75 Å². The summed E-state index contributed by atoms with van der Waals surface area (Å²) in [5.74, 6) is 0.414. The fourth-order valence-electron chi connectivity index (χ4n) is 2.28. The van der Waals surface area contributed by atoms with E-state index in [1.165, 1.54) is 5.56 Å². The van der Waals surface area contributed by atoms with Gasteiger partial charge in [-0.15, -0.1) is 0 Å². The zero-order valence-electron chi connectivity index (χ0n) is 13.6. The van der Waals surface area contributed by atoms with Gasteiger partial charge in [0.2, 0.25) is 0 Å². The van der Waals surface area contributed by atoms with E-state index in [0.29, 0.717) is 17.7 Å². The average molecular weight is 313 g/mol. The number of rotatable bonds is 7. The maximum atomic E-state index is 12.2. The number of hydrogen-bond donors (Lipinski definition) is 2. The van der Waals surface area contributed by atoms with Gasteiger partial charge < -0.3 is 15.2 Å². The molecule has 1 atom stereocenters. The van der Waals surface area contributed by atoms with Crippen LogP contribution in [0, 0.1) is 0 Å². The molecular weight excluding hydrogens is 290 g/mol. The molecule has 0 saturated heterocycles. The molecule has 0 spiro atoms. The smallest absolute Gasteiger partial charge is 0.251 e. The molecule has 0 fully saturated rings. The van der Waals surface area contributed by atoms with Gasteiger partial charge in [0.15, 0.2) is 0 Å². The highest BCUT2D eigenvalue weighted by atomic mass is 16.5. The number of nitrogens with one attached hydrogen (secondary N) is 1.